The van der Waals surface area contributed by atoms with Crippen molar-refractivity contribution < 1.29 is 0 Å². The van der Waals surface area contributed by atoms with Crippen molar-refractivity contribution in [3.05, 3.63) is 295 Å². The monoisotopic (exact) mass is 1580 g/mol. The number of para-hydroxylation sites is 10. The van der Waals surface area contributed by atoms with E-state index in [1.165, 1.54) is 55.6 Å². The van der Waals surface area contributed by atoms with E-state index in [0.29, 0.717) is 0 Å². The molecule has 20 heteroatoms. The van der Waals surface area contributed by atoms with Gasteiger partial charge in [-0.25, -0.2) is 49.8 Å². The first-order valence-corrected chi connectivity index (χ1v) is 40.6. The summed E-state index contributed by atoms with van der Waals surface area (Å²) in [6.45, 7) is 41.7. The second-order valence-electron chi connectivity index (χ2n) is 32.2. The number of aryl methyl sites for hydroxylation is 20. The molecule has 0 aliphatic heterocycles. The predicted octanol–water partition coefficient (Wildman–Crippen LogP) is 24.3. The van der Waals surface area contributed by atoms with Crippen molar-refractivity contribution in [2.24, 2.45) is 0 Å². The van der Waals surface area contributed by atoms with Crippen molar-refractivity contribution >= 4 is 55.2 Å². The van der Waals surface area contributed by atoms with Crippen molar-refractivity contribution in [3.8, 4) is 114 Å². The molecule has 0 saturated carbocycles. The summed E-state index contributed by atoms with van der Waals surface area (Å²) in [5, 5.41) is 0. The van der Waals surface area contributed by atoms with E-state index in [1.807, 2.05) is 121 Å². The lowest BCUT2D eigenvalue weighted by atomic mass is 10.1. The first kappa shape index (κ1) is 79.4. The molecule has 600 valence electrons. The van der Waals surface area contributed by atoms with Crippen LogP contribution in [-0.4, -0.2) is 99.7 Å². The number of hydrogen-bond acceptors (Lipinski definition) is 10. The standard InChI is InChI=1S/5C20H20N4/c5*1-11-9-13(3)21-17(11)19-20(18-12(2)10-14(4)22-18)24-16-8-6-5-7-15(16)23-19/h5*5-10,21-22H,1-4H3. The summed E-state index contributed by atoms with van der Waals surface area (Å²) in [6, 6.07) is 61.5. The number of benzene rings is 5. The average Bonchev–Trinajstić information content (AvgIpc) is 1.60. The van der Waals surface area contributed by atoms with Gasteiger partial charge in [0.15, 0.2) is 0 Å². The van der Waals surface area contributed by atoms with Crippen LogP contribution in [0, 0.1) is 138 Å². The molecule has 0 aliphatic rings. The van der Waals surface area contributed by atoms with Crippen LogP contribution in [0.4, 0.5) is 0 Å². The van der Waals surface area contributed by atoms with Crippen molar-refractivity contribution in [2.45, 2.75) is 138 Å². The predicted molar refractivity (Wildman–Crippen MR) is 490 cm³/mol. The molecule has 20 rings (SSSR count). The largest absolute Gasteiger partial charge is 0.357 e. The van der Waals surface area contributed by atoms with Gasteiger partial charge < -0.3 is 49.8 Å². The molecular weight excluding hydrogens is 1480 g/mol. The summed E-state index contributed by atoms with van der Waals surface area (Å²) in [6.07, 6.45) is 0. The molecule has 0 bridgehead atoms. The maximum absolute atomic E-state index is 4.93. The van der Waals surface area contributed by atoms with Gasteiger partial charge in [0.2, 0.25) is 0 Å². The molecule has 0 amide bonds. The normalized spacial score (nSPS) is 11.3. The second-order valence-corrected chi connectivity index (χ2v) is 32.2. The fourth-order valence-corrected chi connectivity index (χ4v) is 16.5. The Morgan fingerprint density at radius 2 is 0.217 bits per heavy atom. The number of aromatic amines is 10. The number of hydrogen-bond donors (Lipinski definition) is 10. The quantitative estimate of drug-likeness (QED) is 0.0618. The van der Waals surface area contributed by atoms with Crippen LogP contribution in [-0.2, 0) is 0 Å². The van der Waals surface area contributed by atoms with Crippen LogP contribution in [0.2, 0.25) is 0 Å². The lowest BCUT2D eigenvalue weighted by molar-refractivity contribution is 1.19. The fraction of sp³-hybridized carbons (Fsp3) is 0.200. The highest BCUT2D eigenvalue weighted by Crippen LogP contribution is 2.41. The van der Waals surface area contributed by atoms with E-state index in [0.717, 1.165) is 226 Å². The number of fused-ring (bicyclic) bond motifs is 5. The summed E-state index contributed by atoms with van der Waals surface area (Å²) >= 11 is 0. The van der Waals surface area contributed by atoms with Gasteiger partial charge in [0.25, 0.3) is 0 Å². The molecule has 0 radical (unpaired) electrons. The van der Waals surface area contributed by atoms with Crippen molar-refractivity contribution in [1.82, 2.24) is 99.7 Å². The molecule has 0 spiro atoms. The lowest BCUT2D eigenvalue weighted by Gasteiger charge is -2.10. The Balaban J connectivity index is 0.000000112. The van der Waals surface area contributed by atoms with Crippen LogP contribution < -0.4 is 0 Å². The Morgan fingerprint density at radius 3 is 0.283 bits per heavy atom. The van der Waals surface area contributed by atoms with Gasteiger partial charge >= 0.3 is 0 Å². The van der Waals surface area contributed by atoms with E-state index >= 15 is 0 Å². The summed E-state index contributed by atoms with van der Waals surface area (Å²) in [5.41, 5.74) is 51.4. The first-order valence-electron chi connectivity index (χ1n) is 40.6. The molecule has 20 aromatic rings. The van der Waals surface area contributed by atoms with Crippen molar-refractivity contribution in [2.75, 3.05) is 0 Å². The minimum absolute atomic E-state index is 0.893. The molecule has 15 heterocycles. The number of nitrogens with one attached hydrogen (secondary N) is 10. The topological polar surface area (TPSA) is 287 Å². The molecule has 15 aromatic heterocycles. The Hall–Kier alpha value is -14.4. The van der Waals surface area contributed by atoms with E-state index in [-0.39, 0.29) is 0 Å². The second kappa shape index (κ2) is 32.6. The fourth-order valence-electron chi connectivity index (χ4n) is 16.5. The van der Waals surface area contributed by atoms with Gasteiger partial charge in [0, 0.05) is 56.9 Å². The van der Waals surface area contributed by atoms with Crippen LogP contribution >= 0.6 is 0 Å². The molecule has 0 atom stereocenters. The number of H-pyrrole nitrogens is 10. The van der Waals surface area contributed by atoms with E-state index in [4.69, 9.17) is 49.8 Å². The Labute approximate surface area is 697 Å². The Bertz CT molecular complexity index is 5840. The van der Waals surface area contributed by atoms with Crippen molar-refractivity contribution in [3.63, 3.8) is 0 Å². The number of nitrogens with zero attached hydrogens (tertiary/aromatic N) is 10. The number of aromatic nitrogens is 20. The molecule has 20 nitrogen and oxygen atoms in total. The zero-order valence-corrected chi connectivity index (χ0v) is 71.8. The molecule has 0 fully saturated rings. The van der Waals surface area contributed by atoms with Gasteiger partial charge in [-0.1, -0.05) is 60.7 Å². The third kappa shape index (κ3) is 16.1. The minimum atomic E-state index is 0.893. The summed E-state index contributed by atoms with van der Waals surface area (Å²) in [5.74, 6) is 0. The first-order chi connectivity index (χ1) is 57.6. The van der Waals surface area contributed by atoms with Crippen molar-refractivity contribution in [1.29, 1.82) is 0 Å². The van der Waals surface area contributed by atoms with E-state index < -0.39 is 0 Å². The van der Waals surface area contributed by atoms with Gasteiger partial charge in [-0.3, -0.25) is 0 Å². The molecular formula is C100H100N20. The van der Waals surface area contributed by atoms with Crippen LogP contribution in [0.5, 0.6) is 0 Å². The van der Waals surface area contributed by atoms with Crippen LogP contribution in [0.1, 0.15) is 113 Å². The minimum Gasteiger partial charge on any atom is -0.357 e. The summed E-state index contributed by atoms with van der Waals surface area (Å²) < 4.78 is 0. The number of rotatable bonds is 10. The highest BCUT2D eigenvalue weighted by Gasteiger charge is 2.26. The molecule has 0 aliphatic carbocycles. The van der Waals surface area contributed by atoms with E-state index in [2.05, 4.69) is 249 Å². The van der Waals surface area contributed by atoms with Gasteiger partial charge in [-0.15, -0.1) is 0 Å². The van der Waals surface area contributed by atoms with Gasteiger partial charge in [0.1, 0.15) is 56.9 Å². The maximum atomic E-state index is 4.93. The van der Waals surface area contributed by atoms with Gasteiger partial charge in [-0.05, 0) is 315 Å². The van der Waals surface area contributed by atoms with Gasteiger partial charge in [0.05, 0.1) is 112 Å². The van der Waals surface area contributed by atoms with Crippen LogP contribution in [0.25, 0.3) is 169 Å². The zero-order chi connectivity index (χ0) is 84.2. The highest BCUT2D eigenvalue weighted by atomic mass is 15.0. The average molecular weight is 1580 g/mol. The highest BCUT2D eigenvalue weighted by molar-refractivity contribution is 5.92. The maximum Gasteiger partial charge on any atom is 0.115 e. The summed E-state index contributed by atoms with van der Waals surface area (Å²) in [4.78, 5) is 83.8. The van der Waals surface area contributed by atoms with E-state index in [9.17, 15) is 0 Å². The third-order valence-corrected chi connectivity index (χ3v) is 21.7. The molecule has 10 N–H and O–H groups in total. The molecule has 0 unspecified atom stereocenters. The Kier molecular flexibility index (Phi) is 21.6. The summed E-state index contributed by atoms with van der Waals surface area (Å²) in [7, 11) is 0. The smallest absolute Gasteiger partial charge is 0.115 e. The van der Waals surface area contributed by atoms with E-state index in [1.54, 1.807) is 0 Å². The SMILES string of the molecule is Cc1cc(C)c(-c2nc3ccccc3nc2-c2[nH]c(C)cc2C)[nH]1.Cc1cc(C)c(-c2nc3ccccc3nc2-c2[nH]c(C)cc2C)[nH]1.Cc1cc(C)c(-c2nc3ccccc3nc2-c2[nH]c(C)cc2C)[nH]1.Cc1cc(C)c(-c2nc3ccccc3nc2-c2[nH]c(C)cc2C)[nH]1.Cc1cc(C)c(-c2nc3ccccc3nc2-c2[nH]c(C)cc2C)[nH]1. The van der Waals surface area contributed by atoms with Crippen LogP contribution in [0.15, 0.2) is 182 Å². The Morgan fingerprint density at radius 1 is 0.133 bits per heavy atom. The van der Waals surface area contributed by atoms with Gasteiger partial charge in [-0.2, -0.15) is 0 Å². The molecule has 0 saturated heterocycles. The third-order valence-electron chi connectivity index (χ3n) is 21.7. The molecule has 5 aromatic carbocycles. The molecule has 120 heavy (non-hydrogen) atoms. The van der Waals surface area contributed by atoms with Crippen LogP contribution in [0.3, 0.4) is 0 Å². The lowest BCUT2D eigenvalue weighted by Crippen LogP contribution is -1.98. The zero-order valence-electron chi connectivity index (χ0n) is 71.8.